The average molecular weight is 296 g/mol. The third-order valence-electron chi connectivity index (χ3n) is 2.63. The summed E-state index contributed by atoms with van der Waals surface area (Å²) in [6.07, 6.45) is 0. The first-order valence-electron chi connectivity index (χ1n) is 5.95. The van der Waals surface area contributed by atoms with E-state index in [2.05, 4.69) is 14.9 Å². The van der Waals surface area contributed by atoms with Gasteiger partial charge in [0.1, 0.15) is 0 Å². The lowest BCUT2D eigenvalue weighted by Gasteiger charge is -2.10. The maximum atomic E-state index is 11.6. The monoisotopic (exact) mass is 296 g/mol. The molecule has 7 nitrogen and oxygen atoms in total. The van der Waals surface area contributed by atoms with Gasteiger partial charge in [-0.2, -0.15) is 22.4 Å². The van der Waals surface area contributed by atoms with Crippen LogP contribution in [0.4, 0.5) is 0 Å². The number of aryl methyl sites for hydroxylation is 1. The predicted octanol–water partition coefficient (Wildman–Crippen LogP) is 0.941. The zero-order valence-corrected chi connectivity index (χ0v) is 12.3. The van der Waals surface area contributed by atoms with E-state index in [-0.39, 0.29) is 12.4 Å². The van der Waals surface area contributed by atoms with Gasteiger partial charge < -0.3 is 4.52 Å². The van der Waals surface area contributed by atoms with E-state index in [1.807, 2.05) is 31.2 Å². The second-order valence-corrected chi connectivity index (χ2v) is 6.46. The van der Waals surface area contributed by atoms with Crippen LogP contribution in [0.1, 0.15) is 11.5 Å². The van der Waals surface area contributed by atoms with Crippen LogP contribution >= 0.6 is 0 Å². The molecule has 1 aromatic carbocycles. The Morgan fingerprint density at radius 3 is 2.75 bits per heavy atom. The maximum absolute atomic E-state index is 11.6. The van der Waals surface area contributed by atoms with Crippen LogP contribution in [-0.4, -0.2) is 37.0 Å². The first-order chi connectivity index (χ1) is 9.38. The highest BCUT2D eigenvalue weighted by Gasteiger charge is 2.15. The van der Waals surface area contributed by atoms with Crippen molar-refractivity contribution in [2.75, 3.05) is 14.1 Å². The molecule has 0 spiro atoms. The van der Waals surface area contributed by atoms with Crippen molar-refractivity contribution in [3.8, 4) is 11.4 Å². The molecule has 0 amide bonds. The Kier molecular flexibility index (Phi) is 4.17. The Balaban J connectivity index is 2.10. The lowest BCUT2D eigenvalue weighted by atomic mass is 10.1. The second-order valence-electron chi connectivity index (χ2n) is 4.49. The molecule has 8 heteroatoms. The van der Waals surface area contributed by atoms with Crippen molar-refractivity contribution in [3.05, 3.63) is 35.7 Å². The van der Waals surface area contributed by atoms with Crippen LogP contribution in [-0.2, 0) is 16.8 Å². The molecular formula is C12H16N4O3S. The van der Waals surface area contributed by atoms with Crippen LogP contribution in [0.5, 0.6) is 0 Å². The number of hydrogen-bond donors (Lipinski definition) is 1. The average Bonchev–Trinajstić information content (AvgIpc) is 2.85. The van der Waals surface area contributed by atoms with E-state index in [1.165, 1.54) is 14.1 Å². The van der Waals surface area contributed by atoms with Crippen molar-refractivity contribution in [2.24, 2.45) is 0 Å². The van der Waals surface area contributed by atoms with Crippen molar-refractivity contribution in [3.63, 3.8) is 0 Å². The lowest BCUT2D eigenvalue weighted by Crippen LogP contribution is -2.35. The van der Waals surface area contributed by atoms with Crippen LogP contribution in [0.15, 0.2) is 28.8 Å². The van der Waals surface area contributed by atoms with Gasteiger partial charge in [0.25, 0.3) is 10.2 Å². The summed E-state index contributed by atoms with van der Waals surface area (Å²) in [4.78, 5) is 4.16. The Morgan fingerprint density at radius 2 is 2.10 bits per heavy atom. The van der Waals surface area contributed by atoms with E-state index >= 15 is 0 Å². The van der Waals surface area contributed by atoms with Gasteiger partial charge in [0.15, 0.2) is 0 Å². The van der Waals surface area contributed by atoms with E-state index in [1.54, 1.807) is 0 Å². The van der Waals surface area contributed by atoms with Gasteiger partial charge in [-0.3, -0.25) is 0 Å². The topological polar surface area (TPSA) is 88.3 Å². The number of aromatic nitrogens is 2. The highest BCUT2D eigenvalue weighted by molar-refractivity contribution is 7.87. The minimum Gasteiger partial charge on any atom is -0.338 e. The van der Waals surface area contributed by atoms with Crippen LogP contribution in [0.2, 0.25) is 0 Å². The molecule has 0 saturated heterocycles. The fourth-order valence-corrected chi connectivity index (χ4v) is 2.07. The Labute approximate surface area is 117 Å². The van der Waals surface area contributed by atoms with Gasteiger partial charge >= 0.3 is 0 Å². The Hall–Kier alpha value is -1.77. The standard InChI is InChI=1S/C12H16N4O3S/c1-9-5-4-6-10(7-9)12-14-11(19-15-12)8-13-20(17,18)16(2)3/h4-7,13H,8H2,1-3H3. The quantitative estimate of drug-likeness (QED) is 0.887. The molecule has 2 aromatic rings. The first-order valence-corrected chi connectivity index (χ1v) is 7.39. The largest absolute Gasteiger partial charge is 0.338 e. The first kappa shape index (κ1) is 14.6. The summed E-state index contributed by atoms with van der Waals surface area (Å²) in [5.74, 6) is 0.652. The second kappa shape index (κ2) is 5.70. The number of hydrogen-bond acceptors (Lipinski definition) is 5. The van der Waals surface area contributed by atoms with Crippen molar-refractivity contribution in [1.29, 1.82) is 0 Å². The molecule has 20 heavy (non-hydrogen) atoms. The number of nitrogens with one attached hydrogen (secondary N) is 1. The van der Waals surface area contributed by atoms with Crippen LogP contribution in [0, 0.1) is 6.92 Å². The molecular weight excluding hydrogens is 280 g/mol. The van der Waals surface area contributed by atoms with E-state index < -0.39 is 10.2 Å². The molecule has 0 fully saturated rings. The molecule has 1 aromatic heterocycles. The number of nitrogens with zero attached hydrogens (tertiary/aromatic N) is 3. The predicted molar refractivity (Wildman–Crippen MR) is 73.9 cm³/mol. The SMILES string of the molecule is Cc1cccc(-c2noc(CNS(=O)(=O)N(C)C)n2)c1. The summed E-state index contributed by atoms with van der Waals surface area (Å²) in [7, 11) is -0.625. The summed E-state index contributed by atoms with van der Waals surface area (Å²) in [6.45, 7) is 1.93. The normalized spacial score (nSPS) is 12.0. The zero-order chi connectivity index (χ0) is 14.8. The van der Waals surface area contributed by atoms with Crippen LogP contribution in [0.3, 0.4) is 0 Å². The molecule has 0 aliphatic rings. The summed E-state index contributed by atoms with van der Waals surface area (Å²) in [5.41, 5.74) is 1.91. The molecule has 1 heterocycles. The minimum absolute atomic E-state index is 0.0423. The molecule has 1 N–H and O–H groups in total. The lowest BCUT2D eigenvalue weighted by molar-refractivity contribution is 0.374. The van der Waals surface area contributed by atoms with E-state index in [4.69, 9.17) is 4.52 Å². The molecule has 108 valence electrons. The van der Waals surface area contributed by atoms with Crippen molar-refractivity contribution >= 4 is 10.2 Å². The third-order valence-corrected chi connectivity index (χ3v) is 4.10. The molecule has 0 radical (unpaired) electrons. The van der Waals surface area contributed by atoms with Crippen molar-refractivity contribution in [1.82, 2.24) is 19.2 Å². The van der Waals surface area contributed by atoms with Crippen LogP contribution < -0.4 is 4.72 Å². The molecule has 0 atom stereocenters. The molecule has 0 saturated carbocycles. The van der Waals surface area contributed by atoms with E-state index in [0.717, 1.165) is 15.4 Å². The zero-order valence-electron chi connectivity index (χ0n) is 11.5. The van der Waals surface area contributed by atoms with Gasteiger partial charge in [-0.05, 0) is 13.0 Å². The smallest absolute Gasteiger partial charge is 0.279 e. The summed E-state index contributed by atoms with van der Waals surface area (Å²) in [6, 6.07) is 7.66. The van der Waals surface area contributed by atoms with Gasteiger partial charge in [-0.25, -0.2) is 0 Å². The number of rotatable bonds is 5. The highest BCUT2D eigenvalue weighted by atomic mass is 32.2. The molecule has 0 aliphatic carbocycles. The maximum Gasteiger partial charge on any atom is 0.279 e. The highest BCUT2D eigenvalue weighted by Crippen LogP contribution is 2.16. The summed E-state index contributed by atoms with van der Waals surface area (Å²) in [5, 5.41) is 3.84. The van der Waals surface area contributed by atoms with Gasteiger partial charge in [-0.1, -0.05) is 28.9 Å². The van der Waals surface area contributed by atoms with Gasteiger partial charge in [0.2, 0.25) is 11.7 Å². The summed E-state index contributed by atoms with van der Waals surface area (Å²) >= 11 is 0. The molecule has 0 aliphatic heterocycles. The fourth-order valence-electron chi connectivity index (χ4n) is 1.51. The number of benzene rings is 1. The third kappa shape index (κ3) is 3.41. The molecule has 0 unspecified atom stereocenters. The minimum atomic E-state index is -3.50. The van der Waals surface area contributed by atoms with Gasteiger partial charge in [-0.15, -0.1) is 0 Å². The van der Waals surface area contributed by atoms with Crippen molar-refractivity contribution < 1.29 is 12.9 Å². The Morgan fingerprint density at radius 1 is 1.35 bits per heavy atom. The molecule has 0 bridgehead atoms. The van der Waals surface area contributed by atoms with Crippen LogP contribution in [0.25, 0.3) is 11.4 Å². The van der Waals surface area contributed by atoms with Crippen molar-refractivity contribution in [2.45, 2.75) is 13.5 Å². The van der Waals surface area contributed by atoms with Gasteiger partial charge in [0, 0.05) is 19.7 Å². The Bertz CT molecular complexity index is 694. The van der Waals surface area contributed by atoms with E-state index in [9.17, 15) is 8.42 Å². The fraction of sp³-hybridized carbons (Fsp3) is 0.333. The summed E-state index contributed by atoms with van der Waals surface area (Å²) < 4.78 is 31.6. The van der Waals surface area contributed by atoms with Gasteiger partial charge in [0.05, 0.1) is 6.54 Å². The van der Waals surface area contributed by atoms with E-state index in [0.29, 0.717) is 5.82 Å². The molecule has 2 rings (SSSR count).